The molecule has 1 heterocycles. The second kappa shape index (κ2) is 10.0. The van der Waals surface area contributed by atoms with Gasteiger partial charge in [-0.1, -0.05) is 0 Å². The van der Waals surface area contributed by atoms with Crippen molar-refractivity contribution in [1.82, 2.24) is 9.80 Å². The number of halogens is 1. The maximum absolute atomic E-state index is 13.0. The second-order valence-corrected chi connectivity index (χ2v) is 7.95. The van der Waals surface area contributed by atoms with Gasteiger partial charge in [-0.15, -0.1) is 0 Å². The summed E-state index contributed by atoms with van der Waals surface area (Å²) in [6, 6.07) is 8.24. The van der Waals surface area contributed by atoms with Crippen LogP contribution in [0, 0.1) is 0 Å². The average Bonchev–Trinajstić information content (AvgIpc) is 2.79. The quantitative estimate of drug-likeness (QED) is 0.668. The maximum Gasteiger partial charge on any atom is 0.256 e. The molecule has 0 bridgehead atoms. The predicted molar refractivity (Wildman–Crippen MR) is 122 cm³/mol. The Morgan fingerprint density at radius 3 is 2.00 bits per heavy atom. The Kier molecular flexibility index (Phi) is 7.40. The Balaban J connectivity index is 1.86. The molecule has 166 valence electrons. The second-order valence-electron chi connectivity index (χ2n) is 7.16. The van der Waals surface area contributed by atoms with Crippen molar-refractivity contribution < 1.29 is 23.8 Å². The van der Waals surface area contributed by atoms with E-state index in [1.165, 1.54) is 21.3 Å². The third-order valence-electron chi connectivity index (χ3n) is 5.19. The van der Waals surface area contributed by atoms with E-state index in [0.717, 1.165) is 13.1 Å². The minimum absolute atomic E-state index is 0.0711. The first-order chi connectivity index (χ1) is 14.9. The van der Waals surface area contributed by atoms with Gasteiger partial charge in [0.05, 0.1) is 27.0 Å². The largest absolute Gasteiger partial charge is 0.495 e. The lowest BCUT2D eigenvalue weighted by molar-refractivity contribution is 0.0664. The Labute approximate surface area is 190 Å². The molecule has 0 spiro atoms. The van der Waals surface area contributed by atoms with Crippen molar-refractivity contribution in [2.75, 3.05) is 59.9 Å². The molecule has 9 heteroatoms. The number of likely N-dealkylation sites (N-methyl/N-ethyl adjacent to an activating group) is 1. The molecule has 31 heavy (non-hydrogen) atoms. The van der Waals surface area contributed by atoms with Gasteiger partial charge in [-0.3, -0.25) is 9.59 Å². The third kappa shape index (κ3) is 5.11. The maximum atomic E-state index is 13.0. The smallest absolute Gasteiger partial charge is 0.256 e. The van der Waals surface area contributed by atoms with E-state index in [9.17, 15) is 9.59 Å². The zero-order valence-corrected chi connectivity index (χ0v) is 19.6. The fourth-order valence-corrected chi connectivity index (χ4v) is 3.88. The van der Waals surface area contributed by atoms with Crippen molar-refractivity contribution in [2.45, 2.75) is 0 Å². The number of piperazine rings is 1. The fourth-order valence-electron chi connectivity index (χ4n) is 3.33. The number of anilines is 1. The zero-order valence-electron chi connectivity index (χ0n) is 18.0. The summed E-state index contributed by atoms with van der Waals surface area (Å²) in [6.07, 6.45) is 0. The lowest BCUT2D eigenvalue weighted by Crippen LogP contribution is -2.47. The summed E-state index contributed by atoms with van der Waals surface area (Å²) in [5, 5.41) is 2.84. The third-order valence-corrected chi connectivity index (χ3v) is 5.97. The van der Waals surface area contributed by atoms with E-state index in [1.54, 1.807) is 30.3 Å². The number of ether oxygens (including phenoxy) is 3. The number of carbonyl (C=O) groups excluding carboxylic acids is 2. The Morgan fingerprint density at radius 1 is 0.871 bits per heavy atom. The summed E-state index contributed by atoms with van der Waals surface area (Å²) in [4.78, 5) is 29.9. The van der Waals surface area contributed by atoms with Gasteiger partial charge in [0.25, 0.3) is 11.8 Å². The number of benzene rings is 2. The van der Waals surface area contributed by atoms with Gasteiger partial charge in [0.2, 0.25) is 0 Å². The van der Waals surface area contributed by atoms with Gasteiger partial charge in [0, 0.05) is 37.3 Å². The van der Waals surface area contributed by atoms with Crippen LogP contribution >= 0.6 is 15.9 Å². The van der Waals surface area contributed by atoms with Crippen LogP contribution in [-0.2, 0) is 0 Å². The van der Waals surface area contributed by atoms with Gasteiger partial charge in [-0.25, -0.2) is 0 Å². The highest BCUT2D eigenvalue weighted by Crippen LogP contribution is 2.36. The van der Waals surface area contributed by atoms with E-state index >= 15 is 0 Å². The van der Waals surface area contributed by atoms with Gasteiger partial charge in [-0.05, 0) is 53.3 Å². The van der Waals surface area contributed by atoms with E-state index in [0.29, 0.717) is 51.6 Å². The number of carbonyl (C=O) groups is 2. The summed E-state index contributed by atoms with van der Waals surface area (Å²) in [6.45, 7) is 3.00. The summed E-state index contributed by atoms with van der Waals surface area (Å²) in [7, 11) is 6.57. The molecule has 1 aliphatic heterocycles. The molecule has 2 aromatic carbocycles. The highest BCUT2D eigenvalue weighted by atomic mass is 79.9. The minimum Gasteiger partial charge on any atom is -0.495 e. The van der Waals surface area contributed by atoms with Gasteiger partial charge >= 0.3 is 0 Å². The van der Waals surface area contributed by atoms with Gasteiger partial charge in [0.1, 0.15) is 21.7 Å². The Bertz CT molecular complexity index is 949. The van der Waals surface area contributed by atoms with E-state index < -0.39 is 0 Å². The average molecular weight is 492 g/mol. The standard InChI is InChI=1S/C22H26BrN3O5/c1-25-7-9-26(10-8-25)22(28)14-5-6-17(29-2)16(11-14)24-21(27)15-12-18(30-3)20(23)19(13-15)31-4/h5-6,11-13H,7-10H2,1-4H3,(H,24,27). The van der Waals surface area contributed by atoms with Gasteiger partial charge in [0.15, 0.2) is 0 Å². The monoisotopic (exact) mass is 491 g/mol. The van der Waals surface area contributed by atoms with Crippen LogP contribution < -0.4 is 19.5 Å². The lowest BCUT2D eigenvalue weighted by atomic mass is 10.1. The summed E-state index contributed by atoms with van der Waals surface area (Å²) in [5.41, 5.74) is 1.25. The number of hydrogen-bond acceptors (Lipinski definition) is 6. The van der Waals surface area contributed by atoms with Gasteiger partial charge < -0.3 is 29.3 Å². The van der Waals surface area contributed by atoms with Crippen molar-refractivity contribution in [2.24, 2.45) is 0 Å². The molecule has 1 aliphatic rings. The number of methoxy groups -OCH3 is 3. The fraction of sp³-hybridized carbons (Fsp3) is 0.364. The van der Waals surface area contributed by atoms with Crippen LogP contribution in [0.5, 0.6) is 17.2 Å². The van der Waals surface area contributed by atoms with Crippen LogP contribution in [0.4, 0.5) is 5.69 Å². The summed E-state index contributed by atoms with van der Waals surface area (Å²) >= 11 is 3.39. The lowest BCUT2D eigenvalue weighted by Gasteiger charge is -2.32. The highest BCUT2D eigenvalue weighted by molar-refractivity contribution is 9.10. The van der Waals surface area contributed by atoms with Crippen LogP contribution in [0.2, 0.25) is 0 Å². The molecule has 1 saturated heterocycles. The topological polar surface area (TPSA) is 80.3 Å². The van der Waals surface area contributed by atoms with Crippen molar-refractivity contribution in [3.8, 4) is 17.2 Å². The van der Waals surface area contributed by atoms with Crippen LogP contribution in [0.1, 0.15) is 20.7 Å². The molecule has 8 nitrogen and oxygen atoms in total. The normalized spacial score (nSPS) is 14.2. The first-order valence-electron chi connectivity index (χ1n) is 9.76. The number of nitrogens with zero attached hydrogens (tertiary/aromatic N) is 2. The number of nitrogens with one attached hydrogen (secondary N) is 1. The molecular weight excluding hydrogens is 466 g/mol. The van der Waals surface area contributed by atoms with E-state index in [1.807, 2.05) is 11.9 Å². The molecule has 3 rings (SSSR count). The van der Waals surface area contributed by atoms with E-state index in [-0.39, 0.29) is 11.8 Å². The molecule has 0 aliphatic carbocycles. The van der Waals surface area contributed by atoms with Crippen LogP contribution in [0.25, 0.3) is 0 Å². The number of amides is 2. The Hall–Kier alpha value is -2.78. The van der Waals surface area contributed by atoms with E-state index in [2.05, 4.69) is 26.1 Å². The van der Waals surface area contributed by atoms with Crippen molar-refractivity contribution in [1.29, 1.82) is 0 Å². The van der Waals surface area contributed by atoms with Crippen molar-refractivity contribution in [3.63, 3.8) is 0 Å². The molecule has 0 radical (unpaired) electrons. The molecule has 2 amide bonds. The molecule has 0 aromatic heterocycles. The van der Waals surface area contributed by atoms with Crippen LogP contribution in [-0.4, -0.2) is 76.2 Å². The number of hydrogen-bond donors (Lipinski definition) is 1. The molecule has 0 atom stereocenters. The van der Waals surface area contributed by atoms with Crippen molar-refractivity contribution in [3.05, 3.63) is 45.9 Å². The molecule has 1 fully saturated rings. The first-order valence-corrected chi connectivity index (χ1v) is 10.6. The molecule has 1 N–H and O–H groups in total. The summed E-state index contributed by atoms with van der Waals surface area (Å²) in [5.74, 6) is 0.940. The van der Waals surface area contributed by atoms with E-state index in [4.69, 9.17) is 14.2 Å². The molecular formula is C22H26BrN3O5. The summed E-state index contributed by atoms with van der Waals surface area (Å²) < 4.78 is 16.6. The molecule has 0 unspecified atom stereocenters. The SMILES string of the molecule is COc1ccc(C(=O)N2CCN(C)CC2)cc1NC(=O)c1cc(OC)c(Br)c(OC)c1. The van der Waals surface area contributed by atoms with Gasteiger partial charge in [-0.2, -0.15) is 0 Å². The highest BCUT2D eigenvalue weighted by Gasteiger charge is 2.22. The zero-order chi connectivity index (χ0) is 22.5. The molecule has 2 aromatic rings. The first kappa shape index (κ1) is 22.9. The Morgan fingerprint density at radius 2 is 1.45 bits per heavy atom. The predicted octanol–water partition coefficient (Wildman–Crippen LogP) is 3.11. The minimum atomic E-state index is -0.383. The number of rotatable bonds is 6. The van der Waals surface area contributed by atoms with Crippen molar-refractivity contribution >= 4 is 33.4 Å². The molecule has 0 saturated carbocycles. The van der Waals surface area contributed by atoms with Crippen LogP contribution in [0.15, 0.2) is 34.8 Å². The van der Waals surface area contributed by atoms with Crippen LogP contribution in [0.3, 0.4) is 0 Å².